The Balaban J connectivity index is 0.000000208. The molecule has 8 N–H and O–H groups in total. The van der Waals surface area contributed by atoms with Gasteiger partial charge in [-0.3, -0.25) is 10.2 Å². The molecule has 0 aliphatic carbocycles. The normalized spacial score (nSPS) is 11.0. The van der Waals surface area contributed by atoms with Gasteiger partial charge < -0.3 is 36.3 Å². The zero-order chi connectivity index (χ0) is 46.7. The van der Waals surface area contributed by atoms with Gasteiger partial charge in [0, 0.05) is 34.6 Å². The van der Waals surface area contributed by atoms with Crippen molar-refractivity contribution < 1.29 is 40.6 Å². The Morgan fingerprint density at radius 2 is 1.15 bits per heavy atom. The van der Waals surface area contributed by atoms with E-state index in [1.807, 2.05) is 13.8 Å². The Morgan fingerprint density at radius 1 is 0.600 bits per heavy atom. The number of halogens is 7. The third kappa shape index (κ3) is 12.7. The molecule has 0 amide bonds. The molecule has 0 aliphatic heterocycles. The highest BCUT2D eigenvalue weighted by molar-refractivity contribution is 6.31. The predicted octanol–water partition coefficient (Wildman–Crippen LogP) is 10.5. The lowest BCUT2D eigenvalue weighted by Gasteiger charge is -2.10. The molecule has 4 aromatic heterocycles. The molecule has 65 heavy (non-hydrogen) atoms. The fourth-order valence-corrected chi connectivity index (χ4v) is 5.55. The Bertz CT molecular complexity index is 2820. The van der Waals surface area contributed by atoms with Crippen LogP contribution in [0.4, 0.5) is 61.2 Å². The lowest BCUT2D eigenvalue weighted by atomic mass is 10.2. The van der Waals surface area contributed by atoms with E-state index >= 15 is 0 Å². The lowest BCUT2D eigenvalue weighted by molar-refractivity contribution is -0.138. The van der Waals surface area contributed by atoms with Crippen molar-refractivity contribution in [2.75, 3.05) is 29.2 Å². The first-order chi connectivity index (χ1) is 31.1. The Morgan fingerprint density at radius 3 is 1.69 bits per heavy atom. The highest BCUT2D eigenvalue weighted by Crippen LogP contribution is 2.37. The van der Waals surface area contributed by atoms with Crippen LogP contribution in [0.3, 0.4) is 0 Å². The van der Waals surface area contributed by atoms with Crippen molar-refractivity contribution >= 4 is 46.5 Å². The van der Waals surface area contributed by atoms with Gasteiger partial charge in [0.1, 0.15) is 29.5 Å². The molecule has 0 fully saturated rings. The fourth-order valence-electron chi connectivity index (χ4n) is 5.32. The third-order valence-corrected chi connectivity index (χ3v) is 8.52. The van der Waals surface area contributed by atoms with Crippen LogP contribution < -0.4 is 36.3 Å². The van der Waals surface area contributed by atoms with Crippen LogP contribution in [-0.4, -0.2) is 57.4 Å². The van der Waals surface area contributed by atoms with Crippen LogP contribution in [-0.2, 0) is 12.4 Å². The molecule has 0 atom stereocenters. The number of nitrogens with zero attached hydrogens (tertiary/aromatic N) is 8. The van der Waals surface area contributed by atoms with Crippen molar-refractivity contribution in [2.45, 2.75) is 26.2 Å². The van der Waals surface area contributed by atoms with E-state index in [2.05, 4.69) is 60.9 Å². The molecule has 4 heterocycles. The predicted molar refractivity (Wildman–Crippen MR) is 229 cm³/mol. The van der Waals surface area contributed by atoms with Crippen molar-refractivity contribution in [1.82, 2.24) is 50.3 Å². The molecule has 8 aromatic rings. The maximum absolute atomic E-state index is 13.0. The van der Waals surface area contributed by atoms with E-state index in [9.17, 15) is 26.3 Å². The number of alkyl halides is 6. The summed E-state index contributed by atoms with van der Waals surface area (Å²) in [5.41, 5.74) is 11.3. The van der Waals surface area contributed by atoms with E-state index in [-0.39, 0.29) is 51.8 Å². The van der Waals surface area contributed by atoms with Crippen molar-refractivity contribution in [2.24, 2.45) is 0 Å². The summed E-state index contributed by atoms with van der Waals surface area (Å²) in [6.07, 6.45) is -7.71. The number of anilines is 6. The molecule has 0 spiro atoms. The van der Waals surface area contributed by atoms with Gasteiger partial charge in [-0.2, -0.15) is 46.3 Å². The Kier molecular flexibility index (Phi) is 14.5. The minimum absolute atomic E-state index is 0.0825. The summed E-state index contributed by atoms with van der Waals surface area (Å²) in [6, 6.07) is 24.9. The zero-order valence-electron chi connectivity index (χ0n) is 34.0. The average molecular weight is 921 g/mol. The molecule has 0 bridgehead atoms. The van der Waals surface area contributed by atoms with Crippen LogP contribution in [0.2, 0.25) is 5.02 Å². The van der Waals surface area contributed by atoms with Crippen molar-refractivity contribution in [3.8, 4) is 52.0 Å². The smallest absolute Gasteiger partial charge is 0.417 e. The molecular weight excluding hydrogens is 886 g/mol. The maximum Gasteiger partial charge on any atom is 0.417 e. The summed E-state index contributed by atoms with van der Waals surface area (Å²) in [5.74, 6) is 3.05. The third-order valence-electron chi connectivity index (χ3n) is 8.19. The number of rotatable bonds is 11. The summed E-state index contributed by atoms with van der Waals surface area (Å²) in [7, 11) is 1.42. The summed E-state index contributed by atoms with van der Waals surface area (Å²) in [5, 5.41) is 18.5. The van der Waals surface area contributed by atoms with E-state index in [1.165, 1.54) is 43.8 Å². The quantitative estimate of drug-likeness (QED) is 0.0662. The number of benzene rings is 4. The first-order valence-electron chi connectivity index (χ1n) is 18.8. The number of nitrogen functional groups attached to an aromatic ring is 2. The van der Waals surface area contributed by atoms with E-state index in [4.69, 9.17) is 37.3 Å². The number of nitrogens with two attached hydrogens (primary N) is 2. The van der Waals surface area contributed by atoms with E-state index < -0.39 is 23.5 Å². The second-order valence-corrected chi connectivity index (χ2v) is 13.1. The Labute approximate surface area is 369 Å². The number of hydrogen-bond acceptors (Lipinski definition) is 15. The van der Waals surface area contributed by atoms with Gasteiger partial charge in [-0.25, -0.2) is 9.97 Å². The molecule has 336 valence electrons. The number of methoxy groups -OCH3 is 1. The minimum Gasteiger partial charge on any atom is -0.467 e. The number of H-pyrrole nitrogens is 2. The van der Waals surface area contributed by atoms with Gasteiger partial charge >= 0.3 is 18.4 Å². The van der Waals surface area contributed by atoms with Crippen molar-refractivity contribution in [3.63, 3.8) is 0 Å². The number of ether oxygens (including phenoxy) is 3. The number of hydrogen-bond donors (Lipinski definition) is 6. The summed E-state index contributed by atoms with van der Waals surface area (Å²) < 4.78 is 93.8. The van der Waals surface area contributed by atoms with Crippen molar-refractivity contribution in [3.05, 3.63) is 126 Å². The second-order valence-electron chi connectivity index (χ2n) is 12.7. The van der Waals surface area contributed by atoms with Gasteiger partial charge in [-0.05, 0) is 84.9 Å². The van der Waals surface area contributed by atoms with E-state index in [1.54, 1.807) is 48.5 Å². The minimum atomic E-state index is -4.57. The van der Waals surface area contributed by atoms with Gasteiger partial charge in [-0.1, -0.05) is 31.5 Å². The molecule has 0 radical (unpaired) electrons. The average Bonchev–Trinajstić information content (AvgIpc) is 3.95. The molecule has 17 nitrogen and oxygen atoms in total. The second kappa shape index (κ2) is 20.3. The van der Waals surface area contributed by atoms with Crippen LogP contribution in [0.25, 0.3) is 22.8 Å². The molecule has 0 saturated carbocycles. The fraction of sp³-hybridized carbons (Fsp3) is 0.122. The highest BCUT2D eigenvalue weighted by atomic mass is 35.5. The van der Waals surface area contributed by atoms with Crippen LogP contribution in [0.15, 0.2) is 109 Å². The monoisotopic (exact) mass is 920 g/mol. The molecule has 0 saturated heterocycles. The summed E-state index contributed by atoms with van der Waals surface area (Å²) in [6.45, 7) is 4.00. The molecular formula is C41H35ClF6N14O3. The Hall–Kier alpha value is -8.21. The summed E-state index contributed by atoms with van der Waals surface area (Å²) >= 11 is 5.63. The van der Waals surface area contributed by atoms with Gasteiger partial charge in [-0.15, -0.1) is 10.2 Å². The van der Waals surface area contributed by atoms with Gasteiger partial charge in [0.05, 0.1) is 23.3 Å². The van der Waals surface area contributed by atoms with Gasteiger partial charge in [0.25, 0.3) is 0 Å². The maximum atomic E-state index is 13.0. The van der Waals surface area contributed by atoms with Crippen LogP contribution in [0.5, 0.6) is 29.3 Å². The molecule has 4 aromatic carbocycles. The SMILES string of the molecule is CC.COc1nc(N)cc(Oc2ccc(-c3nc(Nc4cccc(C(F)(F)F)c4)n[nH]3)cc2)n1.Nc1cc(Oc2ccc(-c3nc(Nc4ccc(Cl)c(C(F)(F)F)c4)n[nH]3)cc2)ncn1. The highest BCUT2D eigenvalue weighted by Gasteiger charge is 2.33. The largest absolute Gasteiger partial charge is 0.467 e. The molecule has 0 aliphatic rings. The number of nitrogens with one attached hydrogen (secondary N) is 4. The van der Waals surface area contributed by atoms with Crippen LogP contribution in [0, 0.1) is 0 Å². The molecule has 8 rings (SSSR count). The van der Waals surface area contributed by atoms with E-state index in [0.717, 1.165) is 24.3 Å². The standard InChI is InChI=1S/C20H16F3N7O2.C19H13ClF3N7O.C2H6/c1-31-19-26-15(24)10-16(27-19)32-14-7-5-11(6-8-14)17-28-18(30-29-17)25-13-4-2-3-12(9-13)20(21,22)23;20-14-6-3-11(7-13(14)19(21,22)23)27-18-28-17(29-30-18)10-1-4-12(5-2-10)31-16-8-15(24)25-9-26-16;1-2/h2-10H,1H3,(H2,24,26,27)(H2,25,28,29,30);1-9H,(H2,24,25,26)(H2,27,28,29,30);1-2H3. The lowest BCUT2D eigenvalue weighted by Crippen LogP contribution is -2.06. The molecule has 24 heteroatoms. The number of aromatic nitrogens is 10. The summed E-state index contributed by atoms with van der Waals surface area (Å²) in [4.78, 5) is 24.2. The van der Waals surface area contributed by atoms with Crippen molar-refractivity contribution in [1.29, 1.82) is 0 Å². The van der Waals surface area contributed by atoms with Crippen LogP contribution >= 0.6 is 11.6 Å². The first-order valence-corrected chi connectivity index (χ1v) is 19.2. The zero-order valence-corrected chi connectivity index (χ0v) is 34.8. The van der Waals surface area contributed by atoms with Gasteiger partial charge in [0.15, 0.2) is 11.6 Å². The van der Waals surface area contributed by atoms with Crippen LogP contribution in [0.1, 0.15) is 25.0 Å². The topological polar surface area (TPSA) is 238 Å². The van der Waals surface area contributed by atoms with Gasteiger partial charge in [0.2, 0.25) is 23.7 Å². The number of aromatic amines is 2. The first kappa shape index (κ1) is 46.3. The van der Waals surface area contributed by atoms with E-state index in [0.29, 0.717) is 40.2 Å². The molecule has 0 unspecified atom stereocenters.